The topological polar surface area (TPSA) is 46.6 Å². The number of hydrogen-bond donors (Lipinski definition) is 0. The normalized spacial score (nSPS) is 19.0. The fourth-order valence-electron chi connectivity index (χ4n) is 2.57. The molecular weight excluding hydrogens is 298 g/mol. The van der Waals surface area contributed by atoms with Gasteiger partial charge in [-0.05, 0) is 31.4 Å². The third-order valence-electron chi connectivity index (χ3n) is 3.78. The standard InChI is InChI=1S/C17H25NO3S/c1-5-16-11-18(15(12-21-16)10-13(2)3)22(19,20)17-8-6-14(4)7-9-17/h6-9,11,13,15H,5,10,12H2,1-4H3/t15-/m1/s1. The first-order valence-corrected chi connectivity index (χ1v) is 9.22. The summed E-state index contributed by atoms with van der Waals surface area (Å²) in [7, 11) is -3.54. The van der Waals surface area contributed by atoms with Crippen molar-refractivity contribution in [3.63, 3.8) is 0 Å². The largest absolute Gasteiger partial charge is 0.494 e. The lowest BCUT2D eigenvalue weighted by atomic mass is 10.0. The molecule has 0 unspecified atom stereocenters. The fraction of sp³-hybridized carbons (Fsp3) is 0.529. The summed E-state index contributed by atoms with van der Waals surface area (Å²) in [6, 6.07) is 6.85. The van der Waals surface area contributed by atoms with Crippen molar-refractivity contribution >= 4 is 10.0 Å². The van der Waals surface area contributed by atoms with E-state index in [1.54, 1.807) is 18.3 Å². The van der Waals surface area contributed by atoms with Gasteiger partial charge in [-0.15, -0.1) is 0 Å². The zero-order valence-electron chi connectivity index (χ0n) is 13.7. The molecule has 0 aliphatic carbocycles. The summed E-state index contributed by atoms with van der Waals surface area (Å²) >= 11 is 0. The third kappa shape index (κ3) is 3.64. The first-order chi connectivity index (χ1) is 10.3. The van der Waals surface area contributed by atoms with Crippen molar-refractivity contribution in [2.24, 2.45) is 5.92 Å². The maximum atomic E-state index is 13.0. The molecule has 122 valence electrons. The molecule has 0 radical (unpaired) electrons. The Morgan fingerprint density at radius 2 is 1.91 bits per heavy atom. The van der Waals surface area contributed by atoms with Crippen molar-refractivity contribution in [3.05, 3.63) is 41.8 Å². The van der Waals surface area contributed by atoms with Crippen LogP contribution >= 0.6 is 0 Å². The molecule has 0 N–H and O–H groups in total. The van der Waals surface area contributed by atoms with E-state index in [1.807, 2.05) is 26.0 Å². The molecule has 1 heterocycles. The number of rotatable bonds is 5. The van der Waals surface area contributed by atoms with Gasteiger partial charge in [0.2, 0.25) is 0 Å². The van der Waals surface area contributed by atoms with Crippen molar-refractivity contribution in [2.75, 3.05) is 6.61 Å². The molecule has 0 aromatic heterocycles. The van der Waals surface area contributed by atoms with Gasteiger partial charge >= 0.3 is 0 Å². The molecule has 1 aromatic carbocycles. The van der Waals surface area contributed by atoms with Crippen LogP contribution in [-0.2, 0) is 14.8 Å². The van der Waals surface area contributed by atoms with E-state index in [0.717, 1.165) is 17.7 Å². The predicted octanol–water partition coefficient (Wildman–Crippen LogP) is 3.68. The summed E-state index contributed by atoms with van der Waals surface area (Å²) in [4.78, 5) is 0.334. The van der Waals surface area contributed by atoms with Crippen molar-refractivity contribution in [3.8, 4) is 0 Å². The molecule has 1 atom stereocenters. The Bertz CT molecular complexity index is 632. The van der Waals surface area contributed by atoms with Gasteiger partial charge in [-0.25, -0.2) is 8.42 Å². The summed E-state index contributed by atoms with van der Waals surface area (Å²) < 4.78 is 33.1. The highest BCUT2D eigenvalue weighted by Crippen LogP contribution is 2.28. The molecule has 0 amide bonds. The van der Waals surface area contributed by atoms with Gasteiger partial charge in [0, 0.05) is 6.42 Å². The Kier molecular flexibility index (Phi) is 5.16. The molecule has 2 rings (SSSR count). The number of hydrogen-bond acceptors (Lipinski definition) is 3. The van der Waals surface area contributed by atoms with E-state index in [0.29, 0.717) is 23.8 Å². The maximum Gasteiger partial charge on any atom is 0.264 e. The highest BCUT2D eigenvalue weighted by atomic mass is 32.2. The lowest BCUT2D eigenvalue weighted by Gasteiger charge is -2.35. The second-order valence-electron chi connectivity index (χ2n) is 6.19. The van der Waals surface area contributed by atoms with Crippen LogP contribution in [-0.4, -0.2) is 25.4 Å². The summed E-state index contributed by atoms with van der Waals surface area (Å²) in [5, 5.41) is 0. The van der Waals surface area contributed by atoms with Crippen LogP contribution in [0.15, 0.2) is 41.1 Å². The lowest BCUT2D eigenvalue weighted by Crippen LogP contribution is -2.43. The van der Waals surface area contributed by atoms with E-state index in [1.165, 1.54) is 4.31 Å². The molecule has 0 saturated heterocycles. The monoisotopic (exact) mass is 323 g/mol. The quantitative estimate of drug-likeness (QED) is 0.830. The number of aryl methyl sites for hydroxylation is 1. The molecular formula is C17H25NO3S. The van der Waals surface area contributed by atoms with E-state index in [-0.39, 0.29) is 6.04 Å². The zero-order chi connectivity index (χ0) is 16.3. The molecule has 4 nitrogen and oxygen atoms in total. The number of ether oxygens (including phenoxy) is 1. The third-order valence-corrected chi connectivity index (χ3v) is 5.61. The average molecular weight is 323 g/mol. The molecule has 0 bridgehead atoms. The molecule has 22 heavy (non-hydrogen) atoms. The number of benzene rings is 1. The second kappa shape index (κ2) is 6.73. The minimum Gasteiger partial charge on any atom is -0.494 e. The predicted molar refractivity (Wildman–Crippen MR) is 87.8 cm³/mol. The Hall–Kier alpha value is -1.49. The first kappa shape index (κ1) is 16.9. The Labute approximate surface area is 133 Å². The maximum absolute atomic E-state index is 13.0. The van der Waals surface area contributed by atoms with Crippen LogP contribution in [0.4, 0.5) is 0 Å². The molecule has 0 spiro atoms. The molecule has 5 heteroatoms. The van der Waals surface area contributed by atoms with E-state index in [9.17, 15) is 8.42 Å². The van der Waals surface area contributed by atoms with E-state index in [4.69, 9.17) is 4.74 Å². The molecule has 1 aliphatic heterocycles. The average Bonchev–Trinajstić information content (AvgIpc) is 2.47. The van der Waals surface area contributed by atoms with Crippen molar-refractivity contribution in [1.82, 2.24) is 4.31 Å². The van der Waals surface area contributed by atoms with Crippen LogP contribution < -0.4 is 0 Å². The summed E-state index contributed by atoms with van der Waals surface area (Å²) in [6.45, 7) is 8.52. The molecule has 0 fully saturated rings. The first-order valence-electron chi connectivity index (χ1n) is 7.78. The Morgan fingerprint density at radius 3 is 2.45 bits per heavy atom. The van der Waals surface area contributed by atoms with Gasteiger partial charge in [0.1, 0.15) is 12.4 Å². The number of nitrogens with zero attached hydrogens (tertiary/aromatic N) is 1. The van der Waals surface area contributed by atoms with Crippen LogP contribution in [0.2, 0.25) is 0 Å². The van der Waals surface area contributed by atoms with E-state index in [2.05, 4.69) is 13.8 Å². The summed E-state index contributed by atoms with van der Waals surface area (Å²) in [5.74, 6) is 1.12. The molecule has 0 saturated carbocycles. The van der Waals surface area contributed by atoms with Crippen molar-refractivity contribution < 1.29 is 13.2 Å². The van der Waals surface area contributed by atoms with Gasteiger partial charge in [0.15, 0.2) is 0 Å². The SMILES string of the molecule is CCC1=CN(S(=O)(=O)c2ccc(C)cc2)[C@H](CC(C)C)CO1. The minimum absolute atomic E-state index is 0.151. The van der Waals surface area contributed by atoms with Gasteiger partial charge in [-0.2, -0.15) is 0 Å². The highest BCUT2D eigenvalue weighted by Gasteiger charge is 2.33. The van der Waals surface area contributed by atoms with Crippen LogP contribution in [0, 0.1) is 12.8 Å². The van der Waals surface area contributed by atoms with Crippen molar-refractivity contribution in [2.45, 2.75) is 51.5 Å². The Morgan fingerprint density at radius 1 is 1.27 bits per heavy atom. The number of allylic oxidation sites excluding steroid dienone is 1. The van der Waals surface area contributed by atoms with Gasteiger partial charge in [0.25, 0.3) is 10.0 Å². The fourth-order valence-corrected chi connectivity index (χ4v) is 4.09. The van der Waals surface area contributed by atoms with Crippen molar-refractivity contribution in [1.29, 1.82) is 0 Å². The lowest BCUT2D eigenvalue weighted by molar-refractivity contribution is 0.111. The van der Waals surface area contributed by atoms with E-state index < -0.39 is 10.0 Å². The van der Waals surface area contributed by atoms with Gasteiger partial charge in [0.05, 0.1) is 17.1 Å². The molecule has 1 aromatic rings. The number of sulfonamides is 1. The van der Waals surface area contributed by atoms with Crippen LogP contribution in [0.1, 0.15) is 39.2 Å². The van der Waals surface area contributed by atoms with Crippen LogP contribution in [0.25, 0.3) is 0 Å². The van der Waals surface area contributed by atoms with E-state index >= 15 is 0 Å². The second-order valence-corrected chi connectivity index (χ2v) is 8.03. The van der Waals surface area contributed by atoms with Gasteiger partial charge in [-0.3, -0.25) is 4.31 Å². The zero-order valence-corrected chi connectivity index (χ0v) is 14.6. The summed E-state index contributed by atoms with van der Waals surface area (Å²) in [5.41, 5.74) is 1.05. The molecule has 1 aliphatic rings. The minimum atomic E-state index is -3.54. The Balaban J connectivity index is 2.40. The smallest absolute Gasteiger partial charge is 0.264 e. The summed E-state index contributed by atoms with van der Waals surface area (Å²) in [6.07, 6.45) is 3.12. The van der Waals surface area contributed by atoms with Crippen LogP contribution in [0.5, 0.6) is 0 Å². The van der Waals surface area contributed by atoms with Gasteiger partial charge < -0.3 is 4.74 Å². The van der Waals surface area contributed by atoms with Gasteiger partial charge in [-0.1, -0.05) is 38.5 Å². The highest BCUT2D eigenvalue weighted by molar-refractivity contribution is 7.89. The van der Waals surface area contributed by atoms with Crippen LogP contribution in [0.3, 0.4) is 0 Å².